The van der Waals surface area contributed by atoms with E-state index in [1.807, 2.05) is 12.1 Å². The highest BCUT2D eigenvalue weighted by molar-refractivity contribution is 5.94. The molecule has 2 aromatic rings. The van der Waals surface area contributed by atoms with Crippen molar-refractivity contribution in [2.75, 3.05) is 13.1 Å². The molecule has 0 fully saturated rings. The number of nitrogens with one attached hydrogen (secondary N) is 2. The van der Waals surface area contributed by atoms with Crippen molar-refractivity contribution < 1.29 is 9.90 Å². The van der Waals surface area contributed by atoms with E-state index in [1.165, 1.54) is 12.1 Å². The van der Waals surface area contributed by atoms with E-state index in [-0.39, 0.29) is 11.7 Å². The number of phenolic OH excluding ortho intramolecular Hbond substituents is 1. The molecular formula is C17H17N3O2. The van der Waals surface area contributed by atoms with Crippen molar-refractivity contribution in [3.8, 4) is 11.8 Å². The van der Waals surface area contributed by atoms with Gasteiger partial charge in [-0.1, -0.05) is 12.1 Å². The quantitative estimate of drug-likeness (QED) is 0.709. The van der Waals surface area contributed by atoms with Crippen LogP contribution in [0.15, 0.2) is 48.5 Å². The Hall–Kier alpha value is -2.84. The highest BCUT2D eigenvalue weighted by atomic mass is 16.3. The molecule has 0 aliphatic carbocycles. The number of nitriles is 1. The maximum Gasteiger partial charge on any atom is 0.251 e. The van der Waals surface area contributed by atoms with Crippen LogP contribution in [0.4, 0.5) is 0 Å². The van der Waals surface area contributed by atoms with Crippen LogP contribution in [0.2, 0.25) is 0 Å². The van der Waals surface area contributed by atoms with Crippen molar-refractivity contribution in [2.45, 2.75) is 6.54 Å². The fourth-order valence-corrected chi connectivity index (χ4v) is 1.91. The summed E-state index contributed by atoms with van der Waals surface area (Å²) >= 11 is 0. The predicted octanol–water partition coefficient (Wildman–Crippen LogP) is 1.78. The van der Waals surface area contributed by atoms with Crippen LogP contribution >= 0.6 is 0 Å². The maximum absolute atomic E-state index is 11.8. The van der Waals surface area contributed by atoms with Crippen LogP contribution in [0.5, 0.6) is 5.75 Å². The molecule has 112 valence electrons. The van der Waals surface area contributed by atoms with Crippen molar-refractivity contribution in [3.63, 3.8) is 0 Å². The molecule has 3 N–H and O–H groups in total. The highest BCUT2D eigenvalue weighted by Crippen LogP contribution is 2.09. The molecule has 0 saturated heterocycles. The molecular weight excluding hydrogens is 278 g/mol. The van der Waals surface area contributed by atoms with E-state index in [4.69, 9.17) is 10.4 Å². The van der Waals surface area contributed by atoms with Gasteiger partial charge >= 0.3 is 0 Å². The summed E-state index contributed by atoms with van der Waals surface area (Å²) < 4.78 is 0. The van der Waals surface area contributed by atoms with Crippen LogP contribution in [0, 0.1) is 11.3 Å². The average Bonchev–Trinajstić information content (AvgIpc) is 2.55. The molecule has 0 aliphatic heterocycles. The lowest BCUT2D eigenvalue weighted by atomic mass is 10.1. The molecule has 0 unspecified atom stereocenters. The van der Waals surface area contributed by atoms with Gasteiger partial charge in [0.15, 0.2) is 0 Å². The first kappa shape index (κ1) is 15.5. The molecule has 22 heavy (non-hydrogen) atoms. The van der Waals surface area contributed by atoms with E-state index in [9.17, 15) is 4.79 Å². The van der Waals surface area contributed by atoms with Gasteiger partial charge in [-0.2, -0.15) is 5.26 Å². The van der Waals surface area contributed by atoms with Crippen LogP contribution in [0.25, 0.3) is 0 Å². The van der Waals surface area contributed by atoms with Gasteiger partial charge in [-0.25, -0.2) is 0 Å². The van der Waals surface area contributed by atoms with Crippen molar-refractivity contribution >= 4 is 5.91 Å². The smallest absolute Gasteiger partial charge is 0.251 e. The summed E-state index contributed by atoms with van der Waals surface area (Å²) in [6, 6.07) is 15.6. The summed E-state index contributed by atoms with van der Waals surface area (Å²) in [5.41, 5.74) is 2.25. The number of nitrogens with zero attached hydrogens (tertiary/aromatic N) is 1. The second-order valence-electron chi connectivity index (χ2n) is 4.79. The Bertz CT molecular complexity index is 658. The van der Waals surface area contributed by atoms with Crippen molar-refractivity contribution in [1.29, 1.82) is 5.26 Å². The molecule has 0 bridgehead atoms. The van der Waals surface area contributed by atoms with Gasteiger partial charge in [-0.15, -0.1) is 0 Å². The van der Waals surface area contributed by atoms with Gasteiger partial charge < -0.3 is 15.7 Å². The Morgan fingerprint density at radius 3 is 2.36 bits per heavy atom. The molecule has 0 radical (unpaired) electrons. The van der Waals surface area contributed by atoms with Crippen LogP contribution in [-0.4, -0.2) is 24.1 Å². The summed E-state index contributed by atoms with van der Waals surface area (Å²) in [4.78, 5) is 11.8. The van der Waals surface area contributed by atoms with Gasteiger partial charge in [-0.05, 0) is 42.0 Å². The first-order valence-corrected chi connectivity index (χ1v) is 6.96. The fourth-order valence-electron chi connectivity index (χ4n) is 1.91. The number of rotatable bonds is 6. The molecule has 0 heterocycles. The SMILES string of the molecule is N#Cc1ccc(CNCCNC(=O)c2ccc(O)cc2)cc1. The molecule has 0 aliphatic rings. The highest BCUT2D eigenvalue weighted by Gasteiger charge is 2.03. The number of amides is 1. The summed E-state index contributed by atoms with van der Waals surface area (Å²) in [5.74, 6) is -0.0270. The lowest BCUT2D eigenvalue weighted by molar-refractivity contribution is 0.0954. The van der Waals surface area contributed by atoms with E-state index in [0.29, 0.717) is 30.8 Å². The molecule has 5 nitrogen and oxygen atoms in total. The van der Waals surface area contributed by atoms with Gasteiger partial charge in [-0.3, -0.25) is 4.79 Å². The largest absolute Gasteiger partial charge is 0.508 e. The lowest BCUT2D eigenvalue weighted by Gasteiger charge is -2.07. The standard InChI is InChI=1S/C17H17N3O2/c18-11-13-1-3-14(4-2-13)12-19-9-10-20-17(22)15-5-7-16(21)8-6-15/h1-8,19,21H,9-10,12H2,(H,20,22). The zero-order valence-corrected chi connectivity index (χ0v) is 12.0. The number of carbonyl (C=O) groups is 1. The first-order valence-electron chi connectivity index (χ1n) is 6.96. The molecule has 1 amide bonds. The minimum Gasteiger partial charge on any atom is -0.508 e. The monoisotopic (exact) mass is 295 g/mol. The Morgan fingerprint density at radius 2 is 1.73 bits per heavy atom. The number of benzene rings is 2. The Kier molecular flexibility index (Phi) is 5.52. The normalized spacial score (nSPS) is 9.95. The van der Waals surface area contributed by atoms with Crippen LogP contribution in [-0.2, 0) is 6.54 Å². The summed E-state index contributed by atoms with van der Waals surface area (Å²) in [6.07, 6.45) is 0. The predicted molar refractivity (Wildman–Crippen MR) is 83.3 cm³/mol. The van der Waals surface area contributed by atoms with Crippen molar-refractivity contribution in [1.82, 2.24) is 10.6 Å². The van der Waals surface area contributed by atoms with Gasteiger partial charge in [0, 0.05) is 25.2 Å². The number of hydrogen-bond donors (Lipinski definition) is 3. The second kappa shape index (κ2) is 7.81. The summed E-state index contributed by atoms with van der Waals surface area (Å²) in [6.45, 7) is 1.83. The van der Waals surface area contributed by atoms with E-state index in [1.54, 1.807) is 24.3 Å². The fraction of sp³-hybridized carbons (Fsp3) is 0.176. The molecule has 0 aromatic heterocycles. The third-order valence-electron chi connectivity index (χ3n) is 3.13. The third-order valence-corrected chi connectivity index (χ3v) is 3.13. The van der Waals surface area contributed by atoms with Crippen molar-refractivity contribution in [2.24, 2.45) is 0 Å². The van der Waals surface area contributed by atoms with Crippen LogP contribution < -0.4 is 10.6 Å². The van der Waals surface area contributed by atoms with E-state index in [0.717, 1.165) is 5.56 Å². The van der Waals surface area contributed by atoms with Gasteiger partial charge in [0.2, 0.25) is 0 Å². The third kappa shape index (κ3) is 4.62. The first-order chi connectivity index (χ1) is 10.7. The van der Waals surface area contributed by atoms with Crippen LogP contribution in [0.1, 0.15) is 21.5 Å². The Morgan fingerprint density at radius 1 is 1.05 bits per heavy atom. The molecule has 2 rings (SSSR count). The van der Waals surface area contributed by atoms with E-state index < -0.39 is 0 Å². The number of hydrogen-bond acceptors (Lipinski definition) is 4. The molecule has 2 aromatic carbocycles. The number of phenols is 1. The summed E-state index contributed by atoms with van der Waals surface area (Å²) in [7, 11) is 0. The zero-order valence-electron chi connectivity index (χ0n) is 12.0. The number of carbonyl (C=O) groups excluding carboxylic acids is 1. The lowest BCUT2D eigenvalue weighted by Crippen LogP contribution is -2.31. The van der Waals surface area contributed by atoms with E-state index in [2.05, 4.69) is 16.7 Å². The summed E-state index contributed by atoms with van der Waals surface area (Å²) in [5, 5.41) is 23.9. The molecule has 0 spiro atoms. The minimum atomic E-state index is -0.167. The Balaban J connectivity index is 1.67. The minimum absolute atomic E-state index is 0.139. The van der Waals surface area contributed by atoms with Gasteiger partial charge in [0.1, 0.15) is 5.75 Å². The molecule has 0 atom stereocenters. The van der Waals surface area contributed by atoms with Crippen LogP contribution in [0.3, 0.4) is 0 Å². The van der Waals surface area contributed by atoms with Gasteiger partial charge in [0.05, 0.1) is 11.6 Å². The van der Waals surface area contributed by atoms with Crippen molar-refractivity contribution in [3.05, 3.63) is 65.2 Å². The second-order valence-corrected chi connectivity index (χ2v) is 4.79. The molecule has 0 saturated carbocycles. The zero-order chi connectivity index (χ0) is 15.8. The van der Waals surface area contributed by atoms with Gasteiger partial charge in [0.25, 0.3) is 5.91 Å². The number of aromatic hydroxyl groups is 1. The Labute approximate surface area is 129 Å². The maximum atomic E-state index is 11.8. The topological polar surface area (TPSA) is 85.2 Å². The van der Waals surface area contributed by atoms with E-state index >= 15 is 0 Å². The average molecular weight is 295 g/mol. The molecule has 5 heteroatoms.